The maximum atomic E-state index is 11.9. The first-order valence-electron chi connectivity index (χ1n) is 7.92. The van der Waals surface area contributed by atoms with Crippen molar-refractivity contribution in [2.45, 2.75) is 13.0 Å². The third-order valence-corrected chi connectivity index (χ3v) is 4.12. The van der Waals surface area contributed by atoms with Crippen molar-refractivity contribution in [2.75, 3.05) is 6.61 Å². The first-order chi connectivity index (χ1) is 11.8. The number of carbonyl (C=O) groups excluding carboxylic acids is 1. The van der Waals surface area contributed by atoms with Crippen LogP contribution in [0.25, 0.3) is 10.8 Å². The molecule has 0 fully saturated rings. The van der Waals surface area contributed by atoms with E-state index in [1.165, 1.54) is 0 Å². The normalized spacial score (nSPS) is 14.8. The summed E-state index contributed by atoms with van der Waals surface area (Å²) >= 11 is 0. The van der Waals surface area contributed by atoms with Crippen molar-refractivity contribution in [1.29, 1.82) is 0 Å². The highest BCUT2D eigenvalue weighted by molar-refractivity contribution is 6.01. The number of nitrogens with zero attached hydrogens (tertiary/aromatic N) is 2. The third kappa shape index (κ3) is 2.88. The Kier molecular flexibility index (Phi) is 3.75. The molecular formula is C19H17N3O2. The van der Waals surface area contributed by atoms with Gasteiger partial charge in [-0.25, -0.2) is 5.43 Å². The van der Waals surface area contributed by atoms with E-state index < -0.39 is 0 Å². The third-order valence-electron chi connectivity index (χ3n) is 4.12. The molecule has 0 radical (unpaired) electrons. The first kappa shape index (κ1) is 14.5. The van der Waals surface area contributed by atoms with Crippen molar-refractivity contribution in [3.8, 4) is 5.75 Å². The molecule has 0 bridgehead atoms. The number of ether oxygens (including phenoxy) is 1. The van der Waals surface area contributed by atoms with Crippen LogP contribution in [0.5, 0.6) is 5.75 Å². The van der Waals surface area contributed by atoms with E-state index in [9.17, 15) is 4.79 Å². The molecule has 1 N–H and O–H groups in total. The Morgan fingerprint density at radius 1 is 1.12 bits per heavy atom. The number of nitrogens with one attached hydrogen (secondary N) is 1. The van der Waals surface area contributed by atoms with Crippen LogP contribution < -0.4 is 10.2 Å². The number of amides is 1. The Morgan fingerprint density at radius 2 is 2.00 bits per heavy atom. The minimum atomic E-state index is -0.263. The van der Waals surface area contributed by atoms with Crippen LogP contribution in [0.3, 0.4) is 0 Å². The van der Waals surface area contributed by atoms with Crippen LogP contribution in [0, 0.1) is 0 Å². The molecule has 0 aliphatic carbocycles. The predicted octanol–water partition coefficient (Wildman–Crippen LogP) is 2.94. The second-order valence-electron chi connectivity index (χ2n) is 5.73. The van der Waals surface area contributed by atoms with Gasteiger partial charge in [0.05, 0.1) is 11.4 Å². The van der Waals surface area contributed by atoms with Gasteiger partial charge in [0.25, 0.3) is 5.91 Å². The number of rotatable bonds is 4. The summed E-state index contributed by atoms with van der Waals surface area (Å²) in [6, 6.07) is 17.8. The first-order valence-corrected chi connectivity index (χ1v) is 7.92. The van der Waals surface area contributed by atoms with E-state index in [-0.39, 0.29) is 12.5 Å². The van der Waals surface area contributed by atoms with Crippen molar-refractivity contribution in [3.05, 3.63) is 66.5 Å². The molecule has 5 nitrogen and oxygen atoms in total. The van der Waals surface area contributed by atoms with Gasteiger partial charge in [0.2, 0.25) is 0 Å². The average molecular weight is 319 g/mol. The van der Waals surface area contributed by atoms with Gasteiger partial charge >= 0.3 is 0 Å². The molecule has 1 aromatic heterocycles. The minimum Gasteiger partial charge on any atom is -0.484 e. The molecular weight excluding hydrogens is 302 g/mol. The molecule has 4 rings (SSSR count). The fraction of sp³-hybridized carbons (Fsp3) is 0.158. The SMILES string of the molecule is O=C(COc1ccc2ccccc2c1)N/N=C1/CCn2cccc21. The van der Waals surface area contributed by atoms with Gasteiger partial charge < -0.3 is 9.30 Å². The minimum absolute atomic E-state index is 0.0594. The number of benzene rings is 2. The topological polar surface area (TPSA) is 55.6 Å². The molecule has 0 saturated carbocycles. The second kappa shape index (κ2) is 6.20. The van der Waals surface area contributed by atoms with Crippen LogP contribution in [-0.4, -0.2) is 22.8 Å². The molecule has 120 valence electrons. The fourth-order valence-corrected chi connectivity index (χ4v) is 2.91. The number of hydrogen-bond acceptors (Lipinski definition) is 3. The fourth-order valence-electron chi connectivity index (χ4n) is 2.91. The highest BCUT2D eigenvalue weighted by Crippen LogP contribution is 2.20. The van der Waals surface area contributed by atoms with Crippen molar-refractivity contribution in [1.82, 2.24) is 9.99 Å². The Bertz CT molecular complexity index is 927. The van der Waals surface area contributed by atoms with Crippen molar-refractivity contribution >= 4 is 22.4 Å². The average Bonchev–Trinajstić information content (AvgIpc) is 3.22. The van der Waals surface area contributed by atoms with E-state index in [0.717, 1.165) is 35.1 Å². The quantitative estimate of drug-likeness (QED) is 0.752. The summed E-state index contributed by atoms with van der Waals surface area (Å²) in [5.41, 5.74) is 4.54. The summed E-state index contributed by atoms with van der Waals surface area (Å²) in [5.74, 6) is 0.409. The summed E-state index contributed by atoms with van der Waals surface area (Å²) in [7, 11) is 0. The Balaban J connectivity index is 1.36. The highest BCUT2D eigenvalue weighted by atomic mass is 16.5. The molecule has 5 heteroatoms. The number of hydrazone groups is 1. The monoisotopic (exact) mass is 319 g/mol. The summed E-state index contributed by atoms with van der Waals surface area (Å²) in [6.07, 6.45) is 2.85. The molecule has 0 unspecified atom stereocenters. The van der Waals surface area contributed by atoms with Crippen LogP contribution in [-0.2, 0) is 11.3 Å². The predicted molar refractivity (Wildman–Crippen MR) is 93.2 cm³/mol. The van der Waals surface area contributed by atoms with Gasteiger partial charge in [0.15, 0.2) is 6.61 Å². The lowest BCUT2D eigenvalue weighted by Gasteiger charge is -2.06. The maximum Gasteiger partial charge on any atom is 0.277 e. The lowest BCUT2D eigenvalue weighted by molar-refractivity contribution is -0.123. The lowest BCUT2D eigenvalue weighted by atomic mass is 10.1. The Hall–Kier alpha value is -3.08. The highest BCUT2D eigenvalue weighted by Gasteiger charge is 2.16. The van der Waals surface area contributed by atoms with E-state index >= 15 is 0 Å². The zero-order chi connectivity index (χ0) is 16.4. The molecule has 24 heavy (non-hydrogen) atoms. The van der Waals surface area contributed by atoms with Crippen LogP contribution in [0.4, 0.5) is 0 Å². The maximum absolute atomic E-state index is 11.9. The zero-order valence-electron chi connectivity index (χ0n) is 13.1. The van der Waals surface area contributed by atoms with Crippen molar-refractivity contribution in [2.24, 2.45) is 5.10 Å². The van der Waals surface area contributed by atoms with Gasteiger partial charge in [-0.2, -0.15) is 5.10 Å². The van der Waals surface area contributed by atoms with E-state index in [4.69, 9.17) is 4.74 Å². The van der Waals surface area contributed by atoms with Crippen molar-refractivity contribution < 1.29 is 9.53 Å². The van der Waals surface area contributed by atoms with Gasteiger partial charge in [-0.05, 0) is 35.0 Å². The molecule has 0 atom stereocenters. The number of hydrogen-bond donors (Lipinski definition) is 1. The molecule has 0 spiro atoms. The Morgan fingerprint density at radius 3 is 2.92 bits per heavy atom. The van der Waals surface area contributed by atoms with Gasteiger partial charge in [-0.3, -0.25) is 4.79 Å². The second-order valence-corrected chi connectivity index (χ2v) is 5.73. The zero-order valence-corrected chi connectivity index (χ0v) is 13.1. The summed E-state index contributed by atoms with van der Waals surface area (Å²) < 4.78 is 7.68. The summed E-state index contributed by atoms with van der Waals surface area (Å²) in [5, 5.41) is 6.44. The van der Waals surface area contributed by atoms with Crippen LogP contribution >= 0.6 is 0 Å². The number of carbonyl (C=O) groups is 1. The van der Waals surface area contributed by atoms with Crippen molar-refractivity contribution in [3.63, 3.8) is 0 Å². The van der Waals surface area contributed by atoms with Gasteiger partial charge in [-0.1, -0.05) is 30.3 Å². The van der Waals surface area contributed by atoms with E-state index in [1.807, 2.05) is 60.8 Å². The van der Waals surface area contributed by atoms with Gasteiger partial charge in [0.1, 0.15) is 5.75 Å². The number of aromatic nitrogens is 1. The number of fused-ring (bicyclic) bond motifs is 2. The smallest absolute Gasteiger partial charge is 0.277 e. The summed E-state index contributed by atoms with van der Waals surface area (Å²) in [6.45, 7) is 0.848. The number of aryl methyl sites for hydroxylation is 1. The molecule has 2 aromatic carbocycles. The van der Waals surface area contributed by atoms with E-state index in [0.29, 0.717) is 5.75 Å². The standard InChI is InChI=1S/C19H17N3O2/c23-19(21-20-17-9-11-22-10-3-6-18(17)22)13-24-16-8-7-14-4-1-2-5-15(14)12-16/h1-8,10,12H,9,11,13H2,(H,21,23)/b20-17-. The molecule has 0 saturated heterocycles. The molecule has 1 amide bonds. The van der Waals surface area contributed by atoms with E-state index in [1.54, 1.807) is 0 Å². The Labute approximate surface area is 139 Å². The molecule has 3 aromatic rings. The van der Waals surface area contributed by atoms with Gasteiger partial charge in [0, 0.05) is 19.2 Å². The molecule has 1 aliphatic heterocycles. The molecule has 2 heterocycles. The lowest BCUT2D eigenvalue weighted by Crippen LogP contribution is -2.25. The van der Waals surface area contributed by atoms with Crippen LogP contribution in [0.15, 0.2) is 65.9 Å². The summed E-state index contributed by atoms with van der Waals surface area (Å²) in [4.78, 5) is 11.9. The van der Waals surface area contributed by atoms with Crippen LogP contribution in [0.1, 0.15) is 12.1 Å². The largest absolute Gasteiger partial charge is 0.484 e. The molecule has 1 aliphatic rings. The van der Waals surface area contributed by atoms with Gasteiger partial charge in [-0.15, -0.1) is 0 Å². The van der Waals surface area contributed by atoms with E-state index in [2.05, 4.69) is 15.1 Å². The van der Waals surface area contributed by atoms with Crippen LogP contribution in [0.2, 0.25) is 0 Å².